The van der Waals surface area contributed by atoms with Gasteiger partial charge in [-0.2, -0.15) is 0 Å². The number of phenolic OH excluding ortho intramolecular Hbond substituents is 1. The molecule has 2 aromatic rings. The van der Waals surface area contributed by atoms with Crippen LogP contribution in [-0.2, 0) is 16.1 Å². The summed E-state index contributed by atoms with van der Waals surface area (Å²) in [6.45, 7) is 2.21. The number of carbonyl (C=O) groups is 2. The summed E-state index contributed by atoms with van der Waals surface area (Å²) in [7, 11) is 0. The highest BCUT2D eigenvalue weighted by molar-refractivity contribution is 5.99. The van der Waals surface area contributed by atoms with Crippen LogP contribution in [0.15, 0.2) is 34.9 Å². The molecular formula is C17H18N2O5. The monoisotopic (exact) mass is 330 g/mol. The van der Waals surface area contributed by atoms with Crippen LogP contribution in [-0.4, -0.2) is 39.6 Å². The molecule has 1 aromatic carbocycles. The first-order valence-corrected chi connectivity index (χ1v) is 7.74. The first kappa shape index (κ1) is 16.0. The maximum atomic E-state index is 12.6. The fourth-order valence-electron chi connectivity index (χ4n) is 2.79. The van der Waals surface area contributed by atoms with Crippen molar-refractivity contribution in [2.24, 2.45) is 0 Å². The average Bonchev–Trinajstić information content (AvgIpc) is 3.21. The minimum atomic E-state index is -0.648. The molecule has 1 aliphatic rings. The van der Waals surface area contributed by atoms with Crippen molar-refractivity contribution >= 4 is 11.9 Å². The third-order valence-electron chi connectivity index (χ3n) is 3.96. The quantitative estimate of drug-likeness (QED) is 0.862. The van der Waals surface area contributed by atoms with Gasteiger partial charge in [0.25, 0.3) is 5.91 Å². The lowest BCUT2D eigenvalue weighted by atomic mass is 10.1. The second-order valence-corrected chi connectivity index (χ2v) is 5.71. The van der Waals surface area contributed by atoms with Gasteiger partial charge in [0.1, 0.15) is 29.9 Å². The molecule has 1 aromatic heterocycles. The summed E-state index contributed by atoms with van der Waals surface area (Å²) in [5.41, 5.74) is 0.710. The SMILES string of the molecule is Cc1cc(COC(=O)[C@H]2CCCN2C(=O)c2ccccc2O)no1. The van der Waals surface area contributed by atoms with Gasteiger partial charge in [-0.15, -0.1) is 0 Å². The van der Waals surface area contributed by atoms with Crippen LogP contribution in [0.5, 0.6) is 5.75 Å². The topological polar surface area (TPSA) is 92.9 Å². The van der Waals surface area contributed by atoms with Crippen LogP contribution in [0.1, 0.15) is 34.7 Å². The molecular weight excluding hydrogens is 312 g/mol. The van der Waals surface area contributed by atoms with Crippen LogP contribution in [0.2, 0.25) is 0 Å². The number of aromatic hydroxyl groups is 1. The summed E-state index contributed by atoms with van der Waals surface area (Å²) in [4.78, 5) is 26.4. The maximum absolute atomic E-state index is 12.6. The lowest BCUT2D eigenvalue weighted by Crippen LogP contribution is -2.41. The minimum absolute atomic E-state index is 0.00525. The Labute approximate surface area is 138 Å². The molecule has 2 heterocycles. The van der Waals surface area contributed by atoms with Gasteiger partial charge in [0.15, 0.2) is 0 Å². The number of aryl methyl sites for hydroxylation is 1. The number of nitrogens with zero attached hydrogens (tertiary/aromatic N) is 2. The van der Waals surface area contributed by atoms with E-state index in [0.717, 1.165) is 0 Å². The van der Waals surface area contributed by atoms with Gasteiger partial charge in [0.05, 0.1) is 5.56 Å². The molecule has 0 radical (unpaired) electrons. The first-order chi connectivity index (χ1) is 11.6. The Bertz CT molecular complexity index is 755. The van der Waals surface area contributed by atoms with E-state index in [1.807, 2.05) is 0 Å². The molecule has 24 heavy (non-hydrogen) atoms. The molecule has 0 unspecified atom stereocenters. The molecule has 1 fully saturated rings. The van der Waals surface area contributed by atoms with Gasteiger partial charge in [0.2, 0.25) is 0 Å². The number of ether oxygens (including phenoxy) is 1. The van der Waals surface area contributed by atoms with E-state index in [2.05, 4.69) is 5.16 Å². The van der Waals surface area contributed by atoms with Gasteiger partial charge >= 0.3 is 5.97 Å². The average molecular weight is 330 g/mol. The number of esters is 1. The van der Waals surface area contributed by atoms with Crippen LogP contribution < -0.4 is 0 Å². The summed E-state index contributed by atoms with van der Waals surface area (Å²) >= 11 is 0. The van der Waals surface area contributed by atoms with E-state index in [9.17, 15) is 14.7 Å². The number of phenols is 1. The number of likely N-dealkylation sites (tertiary alicyclic amines) is 1. The van der Waals surface area contributed by atoms with Gasteiger partial charge < -0.3 is 19.3 Å². The normalized spacial score (nSPS) is 17.0. The van der Waals surface area contributed by atoms with Crippen molar-refractivity contribution in [1.82, 2.24) is 10.1 Å². The number of amides is 1. The fourth-order valence-corrected chi connectivity index (χ4v) is 2.79. The molecule has 1 N–H and O–H groups in total. The second kappa shape index (κ2) is 6.74. The van der Waals surface area contributed by atoms with E-state index >= 15 is 0 Å². The molecule has 1 amide bonds. The number of rotatable bonds is 4. The fraction of sp³-hybridized carbons (Fsp3) is 0.353. The Morgan fingerprint density at radius 2 is 2.21 bits per heavy atom. The van der Waals surface area contributed by atoms with Crippen molar-refractivity contribution in [1.29, 1.82) is 0 Å². The molecule has 7 heteroatoms. The first-order valence-electron chi connectivity index (χ1n) is 7.74. The lowest BCUT2D eigenvalue weighted by molar-refractivity contribution is -0.149. The van der Waals surface area contributed by atoms with E-state index in [-0.39, 0.29) is 23.8 Å². The summed E-state index contributed by atoms with van der Waals surface area (Å²) in [6.07, 6.45) is 1.25. The molecule has 126 valence electrons. The van der Waals surface area contributed by atoms with E-state index in [0.29, 0.717) is 30.8 Å². The molecule has 7 nitrogen and oxygen atoms in total. The zero-order valence-corrected chi connectivity index (χ0v) is 13.3. The van der Waals surface area contributed by atoms with Gasteiger partial charge in [-0.25, -0.2) is 4.79 Å². The summed E-state index contributed by atoms with van der Waals surface area (Å²) < 4.78 is 10.2. The van der Waals surface area contributed by atoms with E-state index < -0.39 is 12.0 Å². The Morgan fingerprint density at radius 3 is 2.92 bits per heavy atom. The Balaban J connectivity index is 1.67. The number of hydrogen-bond acceptors (Lipinski definition) is 6. The van der Waals surface area contributed by atoms with E-state index in [1.165, 1.54) is 17.0 Å². The van der Waals surface area contributed by atoms with Crippen LogP contribution in [0.4, 0.5) is 0 Å². The summed E-state index contributed by atoms with van der Waals surface area (Å²) in [5.74, 6) is -0.306. The zero-order chi connectivity index (χ0) is 17.1. The van der Waals surface area contributed by atoms with Crippen LogP contribution >= 0.6 is 0 Å². The zero-order valence-electron chi connectivity index (χ0n) is 13.3. The standard InChI is InChI=1S/C17H18N2O5/c1-11-9-12(18-24-11)10-23-17(22)14-6-4-8-19(14)16(21)13-5-2-3-7-15(13)20/h2-3,5,7,9,14,20H,4,6,8,10H2,1H3/t14-/m1/s1. The molecule has 0 saturated carbocycles. The van der Waals surface area contributed by atoms with Gasteiger partial charge in [0, 0.05) is 12.6 Å². The van der Waals surface area contributed by atoms with Crippen molar-refractivity contribution < 1.29 is 24.0 Å². The summed E-state index contributed by atoms with van der Waals surface area (Å²) in [5, 5.41) is 13.6. The van der Waals surface area contributed by atoms with Crippen molar-refractivity contribution in [3.05, 3.63) is 47.3 Å². The van der Waals surface area contributed by atoms with Crippen molar-refractivity contribution in [2.45, 2.75) is 32.4 Å². The Kier molecular flexibility index (Phi) is 4.50. The van der Waals surface area contributed by atoms with E-state index in [4.69, 9.17) is 9.26 Å². The van der Waals surface area contributed by atoms with Crippen molar-refractivity contribution in [3.63, 3.8) is 0 Å². The Morgan fingerprint density at radius 1 is 1.42 bits per heavy atom. The molecule has 1 aliphatic heterocycles. The van der Waals surface area contributed by atoms with Crippen LogP contribution in [0.3, 0.4) is 0 Å². The molecule has 0 bridgehead atoms. The molecule has 0 aliphatic carbocycles. The maximum Gasteiger partial charge on any atom is 0.329 e. The molecule has 0 spiro atoms. The molecule has 1 atom stereocenters. The van der Waals surface area contributed by atoms with Crippen LogP contribution in [0, 0.1) is 6.92 Å². The third kappa shape index (κ3) is 3.24. The number of aromatic nitrogens is 1. The number of para-hydroxylation sites is 1. The van der Waals surface area contributed by atoms with Gasteiger partial charge in [-0.1, -0.05) is 17.3 Å². The highest BCUT2D eigenvalue weighted by Crippen LogP contribution is 2.25. The largest absolute Gasteiger partial charge is 0.507 e. The minimum Gasteiger partial charge on any atom is -0.507 e. The molecule has 1 saturated heterocycles. The molecule has 3 rings (SSSR count). The third-order valence-corrected chi connectivity index (χ3v) is 3.96. The highest BCUT2D eigenvalue weighted by Gasteiger charge is 2.36. The smallest absolute Gasteiger partial charge is 0.329 e. The summed E-state index contributed by atoms with van der Waals surface area (Å²) in [6, 6.07) is 7.34. The second-order valence-electron chi connectivity index (χ2n) is 5.71. The lowest BCUT2D eigenvalue weighted by Gasteiger charge is -2.23. The van der Waals surface area contributed by atoms with Gasteiger partial charge in [-0.05, 0) is 31.9 Å². The van der Waals surface area contributed by atoms with Crippen molar-refractivity contribution in [3.8, 4) is 5.75 Å². The highest BCUT2D eigenvalue weighted by atomic mass is 16.5. The van der Waals surface area contributed by atoms with Crippen LogP contribution in [0.25, 0.3) is 0 Å². The van der Waals surface area contributed by atoms with Gasteiger partial charge in [-0.3, -0.25) is 4.79 Å². The van der Waals surface area contributed by atoms with E-state index in [1.54, 1.807) is 25.1 Å². The number of hydrogen-bond donors (Lipinski definition) is 1. The van der Waals surface area contributed by atoms with Crippen molar-refractivity contribution in [2.75, 3.05) is 6.54 Å². The predicted octanol–water partition coefficient (Wildman–Crippen LogP) is 2.04. The number of carbonyl (C=O) groups excluding carboxylic acids is 2. The predicted molar refractivity (Wildman–Crippen MR) is 83.2 cm³/mol. The Hall–Kier alpha value is -2.83. The number of benzene rings is 1.